The maximum Gasteiger partial charge on any atom is 0.0337 e. The minimum absolute atomic E-state index is 0.379. The lowest BCUT2D eigenvalue weighted by Gasteiger charge is -2.44. The highest BCUT2D eigenvalue weighted by Gasteiger charge is 2.48. The van der Waals surface area contributed by atoms with Gasteiger partial charge >= 0.3 is 0 Å². The molecule has 2 saturated carbocycles. The molecule has 19 heavy (non-hydrogen) atoms. The van der Waals surface area contributed by atoms with Crippen molar-refractivity contribution in [2.45, 2.75) is 82.7 Å². The minimum Gasteiger partial charge on any atom is -0.329 e. The molecule has 2 nitrogen and oxygen atoms in total. The van der Waals surface area contributed by atoms with E-state index in [1.54, 1.807) is 0 Å². The van der Waals surface area contributed by atoms with Crippen LogP contribution in [0.5, 0.6) is 0 Å². The van der Waals surface area contributed by atoms with Crippen LogP contribution in [0.4, 0.5) is 0 Å². The van der Waals surface area contributed by atoms with Crippen molar-refractivity contribution in [3.05, 3.63) is 0 Å². The molecule has 1 aliphatic heterocycles. The number of nitrogens with two attached hydrogens (primary N) is 1. The summed E-state index contributed by atoms with van der Waals surface area (Å²) in [5.74, 6) is 1.93. The van der Waals surface area contributed by atoms with Gasteiger partial charge in [-0.15, -0.1) is 0 Å². The largest absolute Gasteiger partial charge is 0.329 e. The molecule has 0 bridgehead atoms. The van der Waals surface area contributed by atoms with Crippen molar-refractivity contribution >= 4 is 0 Å². The average Bonchev–Trinajstić information content (AvgIpc) is 3.17. The maximum absolute atomic E-state index is 6.28. The van der Waals surface area contributed by atoms with Crippen LogP contribution in [0.25, 0.3) is 0 Å². The van der Waals surface area contributed by atoms with Gasteiger partial charge in [0.1, 0.15) is 0 Å². The predicted octanol–water partition coefficient (Wildman–Crippen LogP) is 3.55. The molecule has 0 spiro atoms. The summed E-state index contributed by atoms with van der Waals surface area (Å²) in [6, 6.07) is 0.877. The van der Waals surface area contributed by atoms with E-state index in [0.29, 0.717) is 5.54 Å². The molecule has 2 heteroatoms. The molecule has 0 radical (unpaired) electrons. The minimum atomic E-state index is 0.379. The van der Waals surface area contributed by atoms with Crippen molar-refractivity contribution in [3.8, 4) is 0 Å². The van der Waals surface area contributed by atoms with Gasteiger partial charge in [0.05, 0.1) is 0 Å². The van der Waals surface area contributed by atoms with Gasteiger partial charge in [0, 0.05) is 18.1 Å². The van der Waals surface area contributed by atoms with Gasteiger partial charge in [-0.05, 0) is 63.3 Å². The van der Waals surface area contributed by atoms with Gasteiger partial charge in [0.25, 0.3) is 0 Å². The maximum atomic E-state index is 6.28. The van der Waals surface area contributed by atoms with Crippen LogP contribution < -0.4 is 5.73 Å². The molecule has 0 aromatic carbocycles. The van der Waals surface area contributed by atoms with Crippen LogP contribution in [0.2, 0.25) is 0 Å². The zero-order valence-electron chi connectivity index (χ0n) is 12.7. The van der Waals surface area contributed by atoms with E-state index in [2.05, 4.69) is 11.8 Å². The van der Waals surface area contributed by atoms with Crippen molar-refractivity contribution in [1.82, 2.24) is 4.90 Å². The summed E-state index contributed by atoms with van der Waals surface area (Å²) >= 11 is 0. The summed E-state index contributed by atoms with van der Waals surface area (Å²) in [5, 5.41) is 0. The molecule has 0 amide bonds. The Morgan fingerprint density at radius 3 is 2.53 bits per heavy atom. The zero-order chi connectivity index (χ0) is 13.3. The van der Waals surface area contributed by atoms with E-state index in [0.717, 1.165) is 24.4 Å². The standard InChI is InChI=1S/C17H32N2/c1-2-14-9-10-17(12-14,13-18)19-11-5-8-16(19)15-6-3-4-7-15/h14-16H,2-13,18H2,1H3. The molecular weight excluding hydrogens is 232 g/mol. The highest BCUT2D eigenvalue weighted by molar-refractivity contribution is 5.04. The van der Waals surface area contributed by atoms with Crippen LogP contribution in [0.15, 0.2) is 0 Å². The van der Waals surface area contributed by atoms with E-state index in [1.165, 1.54) is 70.8 Å². The van der Waals surface area contributed by atoms with Crippen molar-refractivity contribution in [2.24, 2.45) is 17.6 Å². The van der Waals surface area contributed by atoms with Gasteiger partial charge in [0.2, 0.25) is 0 Å². The Hall–Kier alpha value is -0.0800. The molecule has 3 rings (SSSR count). The van der Waals surface area contributed by atoms with E-state index < -0.39 is 0 Å². The van der Waals surface area contributed by atoms with Gasteiger partial charge in [-0.25, -0.2) is 0 Å². The topological polar surface area (TPSA) is 29.3 Å². The fourth-order valence-corrected chi connectivity index (χ4v) is 5.34. The second-order valence-electron chi connectivity index (χ2n) is 7.39. The highest BCUT2D eigenvalue weighted by atomic mass is 15.3. The SMILES string of the molecule is CCC1CCC(CN)(N2CCCC2C2CCCC2)C1. The number of nitrogens with zero attached hydrogens (tertiary/aromatic N) is 1. The molecule has 1 saturated heterocycles. The predicted molar refractivity (Wildman–Crippen MR) is 81.1 cm³/mol. The smallest absolute Gasteiger partial charge is 0.0337 e. The lowest BCUT2D eigenvalue weighted by atomic mass is 9.88. The van der Waals surface area contributed by atoms with Gasteiger partial charge in [0.15, 0.2) is 0 Å². The molecule has 2 N–H and O–H groups in total. The molecule has 2 aliphatic carbocycles. The molecule has 3 aliphatic rings. The third-order valence-electron chi connectivity index (χ3n) is 6.50. The summed E-state index contributed by atoms with van der Waals surface area (Å²) in [4.78, 5) is 2.90. The summed E-state index contributed by atoms with van der Waals surface area (Å²) in [6.07, 6.45) is 14.3. The van der Waals surface area contributed by atoms with Crippen molar-refractivity contribution in [2.75, 3.05) is 13.1 Å². The number of hydrogen-bond acceptors (Lipinski definition) is 2. The fourth-order valence-electron chi connectivity index (χ4n) is 5.34. The highest BCUT2D eigenvalue weighted by Crippen LogP contribution is 2.46. The second kappa shape index (κ2) is 5.73. The molecule has 3 atom stereocenters. The lowest BCUT2D eigenvalue weighted by Crippen LogP contribution is -2.55. The summed E-state index contributed by atoms with van der Waals surface area (Å²) in [5.41, 5.74) is 6.66. The molecule has 3 fully saturated rings. The molecule has 0 aromatic rings. The first kappa shape index (κ1) is 13.9. The van der Waals surface area contributed by atoms with Crippen LogP contribution in [0.3, 0.4) is 0 Å². The average molecular weight is 264 g/mol. The van der Waals surface area contributed by atoms with Crippen molar-refractivity contribution in [3.63, 3.8) is 0 Å². The Morgan fingerprint density at radius 2 is 1.89 bits per heavy atom. The van der Waals surface area contributed by atoms with Gasteiger partial charge in [-0.3, -0.25) is 4.90 Å². The van der Waals surface area contributed by atoms with Gasteiger partial charge in [-0.1, -0.05) is 26.2 Å². The quantitative estimate of drug-likeness (QED) is 0.841. The summed E-state index contributed by atoms with van der Waals surface area (Å²) < 4.78 is 0. The third-order valence-corrected chi connectivity index (χ3v) is 6.50. The number of likely N-dealkylation sites (tertiary alicyclic amines) is 1. The van der Waals surface area contributed by atoms with E-state index in [9.17, 15) is 0 Å². The van der Waals surface area contributed by atoms with E-state index in [-0.39, 0.29) is 0 Å². The summed E-state index contributed by atoms with van der Waals surface area (Å²) in [6.45, 7) is 4.58. The Morgan fingerprint density at radius 1 is 1.11 bits per heavy atom. The third kappa shape index (κ3) is 2.47. The Bertz CT molecular complexity index is 298. The van der Waals surface area contributed by atoms with Crippen molar-refractivity contribution in [1.29, 1.82) is 0 Å². The normalized spacial score (nSPS) is 41.4. The molecule has 3 unspecified atom stereocenters. The van der Waals surface area contributed by atoms with Crippen molar-refractivity contribution < 1.29 is 0 Å². The first-order valence-corrected chi connectivity index (χ1v) is 8.76. The van der Waals surface area contributed by atoms with Gasteiger partial charge < -0.3 is 5.73 Å². The van der Waals surface area contributed by atoms with E-state index in [4.69, 9.17) is 5.73 Å². The van der Waals surface area contributed by atoms with E-state index in [1.807, 2.05) is 0 Å². The molecular formula is C17H32N2. The Balaban J connectivity index is 1.74. The number of rotatable bonds is 4. The fraction of sp³-hybridized carbons (Fsp3) is 1.00. The van der Waals surface area contributed by atoms with Crippen LogP contribution in [-0.4, -0.2) is 29.6 Å². The van der Waals surface area contributed by atoms with Crippen LogP contribution in [0, 0.1) is 11.8 Å². The monoisotopic (exact) mass is 264 g/mol. The van der Waals surface area contributed by atoms with Crippen LogP contribution in [0.1, 0.15) is 71.1 Å². The van der Waals surface area contributed by atoms with Crippen LogP contribution >= 0.6 is 0 Å². The first-order valence-electron chi connectivity index (χ1n) is 8.76. The number of hydrogen-bond donors (Lipinski definition) is 1. The second-order valence-corrected chi connectivity index (χ2v) is 7.39. The van der Waals surface area contributed by atoms with Gasteiger partial charge in [-0.2, -0.15) is 0 Å². The van der Waals surface area contributed by atoms with E-state index >= 15 is 0 Å². The van der Waals surface area contributed by atoms with Crippen LogP contribution in [-0.2, 0) is 0 Å². The Labute approximate surface area is 119 Å². The lowest BCUT2D eigenvalue weighted by molar-refractivity contribution is 0.0548. The molecule has 0 aromatic heterocycles. The zero-order valence-corrected chi connectivity index (χ0v) is 12.7. The first-order chi connectivity index (χ1) is 9.29. The molecule has 110 valence electrons. The Kier molecular flexibility index (Phi) is 4.19. The molecule has 1 heterocycles. The summed E-state index contributed by atoms with van der Waals surface area (Å²) in [7, 11) is 0.